The largest absolute Gasteiger partial charge is 0.494 e. The molecule has 15 heavy (non-hydrogen) atoms. The number of ketones is 1. The number of Topliss-reactive ketones (excluding diaryl/α,β-unsaturated/α-hetero) is 1. The van der Waals surface area contributed by atoms with Crippen molar-refractivity contribution in [2.45, 2.75) is 6.42 Å². The molecule has 0 unspecified atom stereocenters. The van der Waals surface area contributed by atoms with Crippen LogP contribution < -0.4 is 4.74 Å². The second kappa shape index (κ2) is 3.34. The molecule has 0 aromatic heterocycles. The number of ether oxygens (including phenoxy) is 1. The normalized spacial score (nSPS) is 16.9. The third kappa shape index (κ3) is 1.36. The number of fused-ring (bicyclic) bond motifs is 1. The minimum absolute atomic E-state index is 0.0256. The highest BCUT2D eigenvalue weighted by Crippen LogP contribution is 2.27. The van der Waals surface area contributed by atoms with Crippen molar-refractivity contribution in [2.75, 3.05) is 7.11 Å². The first-order valence-corrected chi connectivity index (χ1v) is 4.29. The van der Waals surface area contributed by atoms with E-state index in [2.05, 4.69) is 5.16 Å². The van der Waals surface area contributed by atoms with Gasteiger partial charge in [-0.3, -0.25) is 4.79 Å². The molecule has 78 valence electrons. The van der Waals surface area contributed by atoms with Crippen molar-refractivity contribution in [3.8, 4) is 5.75 Å². The zero-order chi connectivity index (χ0) is 11.0. The Morgan fingerprint density at radius 1 is 1.53 bits per heavy atom. The zero-order valence-electron chi connectivity index (χ0n) is 7.95. The molecule has 1 aliphatic carbocycles. The molecule has 1 N–H and O–H groups in total. The summed E-state index contributed by atoms with van der Waals surface area (Å²) in [5.41, 5.74) is 0.879. The van der Waals surface area contributed by atoms with Gasteiger partial charge in [0.15, 0.2) is 11.6 Å². The molecule has 0 heterocycles. The number of nitrogens with zero attached hydrogens (tertiary/aromatic N) is 1. The lowest BCUT2D eigenvalue weighted by Gasteiger charge is -2.03. The number of benzene rings is 1. The Morgan fingerprint density at radius 3 is 2.87 bits per heavy atom. The molecule has 0 fully saturated rings. The molecule has 1 aromatic rings. The fourth-order valence-electron chi connectivity index (χ4n) is 1.61. The molecular formula is C10H8FNO3. The highest BCUT2D eigenvalue weighted by Gasteiger charge is 2.28. The SMILES string of the molecule is COc1cc2c(cc1F)C(=O)/C(=N\O)C2. The van der Waals surface area contributed by atoms with Gasteiger partial charge in [-0.05, 0) is 17.7 Å². The maximum atomic E-state index is 13.3. The molecule has 4 nitrogen and oxygen atoms in total. The average Bonchev–Trinajstić information content (AvgIpc) is 2.54. The quantitative estimate of drug-likeness (QED) is 0.561. The maximum Gasteiger partial charge on any atom is 0.211 e. The van der Waals surface area contributed by atoms with E-state index in [1.54, 1.807) is 0 Å². The molecule has 1 aromatic carbocycles. The summed E-state index contributed by atoms with van der Waals surface area (Å²) in [6.07, 6.45) is 0.210. The molecule has 0 bridgehead atoms. The lowest BCUT2D eigenvalue weighted by atomic mass is 10.1. The van der Waals surface area contributed by atoms with Crippen LogP contribution in [0.25, 0.3) is 0 Å². The summed E-state index contributed by atoms with van der Waals surface area (Å²) in [6.45, 7) is 0. The van der Waals surface area contributed by atoms with E-state index in [0.29, 0.717) is 5.56 Å². The predicted octanol–water partition coefficient (Wildman–Crippen LogP) is 1.40. The van der Waals surface area contributed by atoms with Gasteiger partial charge in [0.1, 0.15) is 5.71 Å². The van der Waals surface area contributed by atoms with Crippen molar-refractivity contribution in [3.63, 3.8) is 0 Å². The molecule has 0 aliphatic heterocycles. The third-order valence-electron chi connectivity index (χ3n) is 2.36. The second-order valence-corrected chi connectivity index (χ2v) is 3.20. The average molecular weight is 209 g/mol. The molecule has 0 radical (unpaired) electrons. The van der Waals surface area contributed by atoms with E-state index in [0.717, 1.165) is 6.07 Å². The van der Waals surface area contributed by atoms with Gasteiger partial charge in [-0.25, -0.2) is 4.39 Å². The first-order chi connectivity index (χ1) is 7.17. The first kappa shape index (κ1) is 9.64. The van der Waals surface area contributed by atoms with Crippen LogP contribution in [0, 0.1) is 5.82 Å². The Balaban J connectivity index is 2.56. The van der Waals surface area contributed by atoms with E-state index >= 15 is 0 Å². The van der Waals surface area contributed by atoms with Gasteiger partial charge in [0.05, 0.1) is 7.11 Å². The van der Waals surface area contributed by atoms with E-state index in [1.807, 2.05) is 0 Å². The van der Waals surface area contributed by atoms with Crippen LogP contribution in [0.5, 0.6) is 5.75 Å². The van der Waals surface area contributed by atoms with Crippen molar-refractivity contribution in [1.29, 1.82) is 0 Å². The predicted molar refractivity (Wildman–Crippen MR) is 50.2 cm³/mol. The van der Waals surface area contributed by atoms with Gasteiger partial charge in [0.25, 0.3) is 0 Å². The van der Waals surface area contributed by atoms with Crippen LogP contribution in [0.4, 0.5) is 4.39 Å². The van der Waals surface area contributed by atoms with Gasteiger partial charge in [-0.15, -0.1) is 0 Å². The van der Waals surface area contributed by atoms with E-state index < -0.39 is 11.6 Å². The second-order valence-electron chi connectivity index (χ2n) is 3.20. The van der Waals surface area contributed by atoms with Gasteiger partial charge in [0, 0.05) is 12.0 Å². The summed E-state index contributed by atoms with van der Waals surface area (Å²) < 4.78 is 18.1. The van der Waals surface area contributed by atoms with Crippen molar-refractivity contribution in [2.24, 2.45) is 5.16 Å². The fraction of sp³-hybridized carbons (Fsp3) is 0.200. The van der Waals surface area contributed by atoms with Gasteiger partial charge in [-0.2, -0.15) is 0 Å². The number of carbonyl (C=O) groups excluding carboxylic acids is 1. The number of carbonyl (C=O) groups is 1. The molecule has 1 aliphatic rings. The van der Waals surface area contributed by atoms with Gasteiger partial charge in [0.2, 0.25) is 5.78 Å². The Morgan fingerprint density at radius 2 is 2.27 bits per heavy atom. The van der Waals surface area contributed by atoms with Crippen LogP contribution >= 0.6 is 0 Å². The smallest absolute Gasteiger partial charge is 0.211 e. The number of hydrogen-bond donors (Lipinski definition) is 1. The highest BCUT2D eigenvalue weighted by atomic mass is 19.1. The molecule has 2 rings (SSSR count). The summed E-state index contributed by atoms with van der Waals surface area (Å²) in [6, 6.07) is 2.55. The van der Waals surface area contributed by atoms with Gasteiger partial charge >= 0.3 is 0 Å². The molecule has 0 atom stereocenters. The number of halogens is 1. The minimum Gasteiger partial charge on any atom is -0.494 e. The lowest BCUT2D eigenvalue weighted by Crippen LogP contribution is -2.07. The van der Waals surface area contributed by atoms with Crippen LogP contribution in [-0.4, -0.2) is 23.8 Å². The summed E-state index contributed by atoms with van der Waals surface area (Å²) >= 11 is 0. The molecule has 0 saturated heterocycles. The Hall–Kier alpha value is -1.91. The van der Waals surface area contributed by atoms with Crippen molar-refractivity contribution in [3.05, 3.63) is 29.1 Å². The van der Waals surface area contributed by atoms with Crippen LogP contribution in [0.1, 0.15) is 15.9 Å². The lowest BCUT2D eigenvalue weighted by molar-refractivity contribution is 0.106. The Kier molecular flexibility index (Phi) is 2.15. The van der Waals surface area contributed by atoms with Crippen molar-refractivity contribution >= 4 is 11.5 Å². The molecular weight excluding hydrogens is 201 g/mol. The highest BCUT2D eigenvalue weighted by molar-refractivity contribution is 6.49. The van der Waals surface area contributed by atoms with Crippen LogP contribution in [0.15, 0.2) is 17.3 Å². The van der Waals surface area contributed by atoms with Gasteiger partial charge < -0.3 is 9.94 Å². The third-order valence-corrected chi connectivity index (χ3v) is 2.36. The molecule has 5 heteroatoms. The molecule has 0 spiro atoms. The molecule has 0 amide bonds. The van der Waals surface area contributed by atoms with Crippen LogP contribution in [0.2, 0.25) is 0 Å². The Bertz CT molecular complexity index is 468. The van der Waals surface area contributed by atoms with E-state index in [1.165, 1.54) is 13.2 Å². The maximum absolute atomic E-state index is 13.3. The van der Waals surface area contributed by atoms with Crippen LogP contribution in [0.3, 0.4) is 0 Å². The van der Waals surface area contributed by atoms with Crippen molar-refractivity contribution < 1.29 is 19.1 Å². The standard InChI is InChI=1S/C10H8FNO3/c1-15-9-3-5-2-8(12-14)10(13)6(5)4-7(9)11/h3-4,14H,2H2,1H3/b12-8-. The van der Waals surface area contributed by atoms with E-state index in [9.17, 15) is 9.18 Å². The topological polar surface area (TPSA) is 58.9 Å². The number of oxime groups is 1. The zero-order valence-corrected chi connectivity index (χ0v) is 7.95. The van der Waals surface area contributed by atoms with E-state index in [-0.39, 0.29) is 23.4 Å². The van der Waals surface area contributed by atoms with Gasteiger partial charge in [-0.1, -0.05) is 5.16 Å². The fourth-order valence-corrected chi connectivity index (χ4v) is 1.61. The monoisotopic (exact) mass is 209 g/mol. The number of rotatable bonds is 1. The first-order valence-electron chi connectivity index (χ1n) is 4.29. The summed E-state index contributed by atoms with van der Waals surface area (Å²) in [5, 5.41) is 11.4. The number of methoxy groups -OCH3 is 1. The summed E-state index contributed by atoms with van der Waals surface area (Å²) in [4.78, 5) is 11.5. The number of hydrogen-bond acceptors (Lipinski definition) is 4. The minimum atomic E-state index is -0.594. The van der Waals surface area contributed by atoms with Crippen LogP contribution in [-0.2, 0) is 6.42 Å². The summed E-state index contributed by atoms with van der Waals surface area (Å²) in [7, 11) is 1.35. The molecule has 0 saturated carbocycles. The Labute approximate surface area is 85.0 Å². The van der Waals surface area contributed by atoms with Crippen molar-refractivity contribution in [1.82, 2.24) is 0 Å². The summed E-state index contributed by atoms with van der Waals surface area (Å²) in [5.74, 6) is -0.946. The van der Waals surface area contributed by atoms with E-state index in [4.69, 9.17) is 9.94 Å².